The molecule has 3 N–H and O–H groups in total. The summed E-state index contributed by atoms with van der Waals surface area (Å²) >= 11 is 0. The molecule has 0 bridgehead atoms. The lowest BCUT2D eigenvalue weighted by molar-refractivity contribution is -0.140. The average molecular weight is 252 g/mol. The summed E-state index contributed by atoms with van der Waals surface area (Å²) in [6, 6.07) is -0.330. The molecule has 0 aromatic heterocycles. The molecule has 1 saturated carbocycles. The molecular weight excluding hydrogens is 232 g/mol. The van der Waals surface area contributed by atoms with Gasteiger partial charge in [0.1, 0.15) is 0 Å². The van der Waals surface area contributed by atoms with Crippen LogP contribution in [0.15, 0.2) is 0 Å². The first-order valence-corrected chi connectivity index (χ1v) is 6.25. The Morgan fingerprint density at radius 3 is 2.44 bits per heavy atom. The molecule has 100 valence electrons. The van der Waals surface area contributed by atoms with Crippen LogP contribution in [0.3, 0.4) is 0 Å². The van der Waals surface area contributed by atoms with Crippen LogP contribution < -0.4 is 10.6 Å². The molecule has 18 heavy (non-hydrogen) atoms. The highest BCUT2D eigenvalue weighted by molar-refractivity contribution is 5.74. The van der Waals surface area contributed by atoms with Crippen molar-refractivity contribution in [1.82, 2.24) is 10.6 Å². The van der Waals surface area contributed by atoms with Crippen molar-refractivity contribution in [3.63, 3.8) is 0 Å². The number of rotatable bonds is 5. The van der Waals surface area contributed by atoms with Gasteiger partial charge in [-0.3, -0.25) is 4.79 Å². The second kappa shape index (κ2) is 6.90. The minimum absolute atomic E-state index is 0.114. The van der Waals surface area contributed by atoms with E-state index >= 15 is 0 Å². The fourth-order valence-electron chi connectivity index (χ4n) is 2.50. The van der Waals surface area contributed by atoms with Gasteiger partial charge in [0.2, 0.25) is 0 Å². The Morgan fingerprint density at radius 1 is 1.22 bits per heavy atom. The van der Waals surface area contributed by atoms with Crippen LogP contribution in [0.4, 0.5) is 4.79 Å². The molecule has 2 amide bonds. The maximum atomic E-state index is 11.4. The fraction of sp³-hybridized carbons (Fsp3) is 0.692. The number of amides is 2. The van der Waals surface area contributed by atoms with Gasteiger partial charge in [-0.05, 0) is 18.3 Å². The Morgan fingerprint density at radius 2 is 1.89 bits per heavy atom. The number of urea groups is 1. The number of carbonyl (C=O) groups is 2. The fourth-order valence-corrected chi connectivity index (χ4v) is 2.50. The van der Waals surface area contributed by atoms with Crippen molar-refractivity contribution in [3.05, 3.63) is 0 Å². The van der Waals surface area contributed by atoms with E-state index in [1.165, 1.54) is 0 Å². The first-order chi connectivity index (χ1) is 8.58. The third-order valence-electron chi connectivity index (χ3n) is 3.42. The van der Waals surface area contributed by atoms with Gasteiger partial charge in [-0.2, -0.15) is 0 Å². The number of nitrogens with one attached hydrogen (secondary N) is 2. The summed E-state index contributed by atoms with van der Waals surface area (Å²) in [7, 11) is 0. The molecular formula is C13H20N2O3. The number of hydrogen-bond acceptors (Lipinski definition) is 2. The normalized spacial score (nSPS) is 17.5. The van der Waals surface area contributed by atoms with Crippen molar-refractivity contribution >= 4 is 12.0 Å². The van der Waals surface area contributed by atoms with Gasteiger partial charge in [-0.15, -0.1) is 6.42 Å². The molecule has 0 atom stereocenters. The summed E-state index contributed by atoms with van der Waals surface area (Å²) in [4.78, 5) is 22.3. The molecule has 0 aromatic carbocycles. The van der Waals surface area contributed by atoms with E-state index in [1.807, 2.05) is 0 Å². The van der Waals surface area contributed by atoms with E-state index in [-0.39, 0.29) is 24.4 Å². The van der Waals surface area contributed by atoms with Crippen molar-refractivity contribution in [2.75, 3.05) is 13.1 Å². The molecule has 5 heteroatoms. The summed E-state index contributed by atoms with van der Waals surface area (Å²) in [6.07, 6.45) is 10.1. The van der Waals surface area contributed by atoms with E-state index in [9.17, 15) is 9.59 Å². The standard InChI is InChI=1S/C13H20N2O3/c1-2-8-14-12(18)15-10-13(9-11(16)17)6-4-3-5-7-13/h1H,3-10H2,(H,16,17)(H2,14,15,18). The van der Waals surface area contributed by atoms with Crippen molar-refractivity contribution in [3.8, 4) is 12.3 Å². The summed E-state index contributed by atoms with van der Waals surface area (Å²) in [5, 5.41) is 14.2. The zero-order valence-corrected chi connectivity index (χ0v) is 10.5. The average Bonchev–Trinajstić information content (AvgIpc) is 2.34. The molecule has 5 nitrogen and oxygen atoms in total. The molecule has 0 heterocycles. The smallest absolute Gasteiger partial charge is 0.315 e. The van der Waals surface area contributed by atoms with Crippen molar-refractivity contribution < 1.29 is 14.7 Å². The van der Waals surface area contributed by atoms with Gasteiger partial charge in [0, 0.05) is 6.54 Å². The van der Waals surface area contributed by atoms with Gasteiger partial charge in [0.15, 0.2) is 0 Å². The van der Waals surface area contributed by atoms with Crippen molar-refractivity contribution in [1.29, 1.82) is 0 Å². The number of carbonyl (C=O) groups excluding carboxylic acids is 1. The second-order valence-electron chi connectivity index (χ2n) is 4.87. The van der Waals surface area contributed by atoms with Crippen LogP contribution in [0.25, 0.3) is 0 Å². The van der Waals surface area contributed by atoms with E-state index < -0.39 is 5.97 Å². The third-order valence-corrected chi connectivity index (χ3v) is 3.42. The quantitative estimate of drug-likeness (QED) is 0.646. The van der Waals surface area contributed by atoms with Crippen LogP contribution in [0, 0.1) is 17.8 Å². The molecule has 0 radical (unpaired) electrons. The predicted molar refractivity (Wildman–Crippen MR) is 68.0 cm³/mol. The molecule has 0 saturated heterocycles. The van der Waals surface area contributed by atoms with Gasteiger partial charge in [-0.25, -0.2) is 4.79 Å². The minimum Gasteiger partial charge on any atom is -0.481 e. The highest BCUT2D eigenvalue weighted by Crippen LogP contribution is 2.38. The van der Waals surface area contributed by atoms with Crippen LogP contribution in [0.1, 0.15) is 38.5 Å². The van der Waals surface area contributed by atoms with Crippen molar-refractivity contribution in [2.24, 2.45) is 5.41 Å². The summed E-state index contributed by atoms with van der Waals surface area (Å²) < 4.78 is 0. The van der Waals surface area contributed by atoms with Gasteiger partial charge < -0.3 is 15.7 Å². The Bertz CT molecular complexity index is 341. The molecule has 1 aliphatic rings. The van der Waals surface area contributed by atoms with Crippen molar-refractivity contribution in [2.45, 2.75) is 38.5 Å². The molecule has 0 spiro atoms. The van der Waals surface area contributed by atoms with E-state index in [1.54, 1.807) is 0 Å². The number of carboxylic acids is 1. The Balaban J connectivity index is 2.48. The van der Waals surface area contributed by atoms with Gasteiger partial charge in [0.05, 0.1) is 13.0 Å². The van der Waals surface area contributed by atoms with E-state index in [2.05, 4.69) is 16.6 Å². The van der Waals surface area contributed by atoms with E-state index in [0.717, 1.165) is 32.1 Å². The third kappa shape index (κ3) is 4.66. The molecule has 1 fully saturated rings. The number of hydrogen-bond donors (Lipinski definition) is 3. The van der Waals surface area contributed by atoms with Crippen LogP contribution in [0.5, 0.6) is 0 Å². The monoisotopic (exact) mass is 252 g/mol. The topological polar surface area (TPSA) is 78.4 Å². The van der Waals surface area contributed by atoms with Crippen LogP contribution in [-0.4, -0.2) is 30.2 Å². The van der Waals surface area contributed by atoms with E-state index in [4.69, 9.17) is 11.5 Å². The van der Waals surface area contributed by atoms with E-state index in [0.29, 0.717) is 6.54 Å². The summed E-state index contributed by atoms with van der Waals surface area (Å²) in [5.74, 6) is 1.51. The molecule has 0 unspecified atom stereocenters. The predicted octanol–water partition coefficient (Wildman–Crippen LogP) is 1.34. The largest absolute Gasteiger partial charge is 0.481 e. The zero-order valence-electron chi connectivity index (χ0n) is 10.5. The minimum atomic E-state index is -0.803. The lowest BCUT2D eigenvalue weighted by atomic mass is 9.72. The van der Waals surface area contributed by atoms with Gasteiger partial charge >= 0.3 is 12.0 Å². The number of aliphatic carboxylic acids is 1. The highest BCUT2D eigenvalue weighted by atomic mass is 16.4. The maximum Gasteiger partial charge on any atom is 0.315 e. The maximum absolute atomic E-state index is 11.4. The van der Waals surface area contributed by atoms with Gasteiger partial charge in [-0.1, -0.05) is 25.2 Å². The Kier molecular flexibility index (Phi) is 5.50. The first kappa shape index (κ1) is 14.4. The molecule has 0 aromatic rings. The molecule has 1 rings (SSSR count). The lowest BCUT2D eigenvalue weighted by Crippen LogP contribution is -2.44. The zero-order chi connectivity index (χ0) is 13.4. The Hall–Kier alpha value is -1.70. The first-order valence-electron chi connectivity index (χ1n) is 6.25. The lowest BCUT2D eigenvalue weighted by Gasteiger charge is -2.36. The van der Waals surface area contributed by atoms with Crippen LogP contribution in [0.2, 0.25) is 0 Å². The SMILES string of the molecule is C#CCNC(=O)NCC1(CC(=O)O)CCCCC1. The van der Waals surface area contributed by atoms with Gasteiger partial charge in [0.25, 0.3) is 0 Å². The summed E-state index contributed by atoms with van der Waals surface area (Å²) in [5.41, 5.74) is -0.294. The van der Waals surface area contributed by atoms with Crippen LogP contribution >= 0.6 is 0 Å². The highest BCUT2D eigenvalue weighted by Gasteiger charge is 2.34. The van der Waals surface area contributed by atoms with Crippen LogP contribution in [-0.2, 0) is 4.79 Å². The second-order valence-corrected chi connectivity index (χ2v) is 4.87. The summed E-state index contributed by atoms with van der Waals surface area (Å²) in [6.45, 7) is 0.577. The molecule has 0 aliphatic heterocycles. The Labute approximate surface area is 107 Å². The number of terminal acetylenes is 1. The number of carboxylic acid groups (broad SMARTS) is 1. The molecule has 1 aliphatic carbocycles.